The van der Waals surface area contributed by atoms with E-state index >= 15 is 0 Å². The zero-order chi connectivity index (χ0) is 13.5. The molecule has 0 aromatic heterocycles. The van der Waals surface area contributed by atoms with E-state index in [1.54, 1.807) is 7.11 Å². The largest absolute Gasteiger partial charge is 0.356 e. The van der Waals surface area contributed by atoms with E-state index in [9.17, 15) is 4.79 Å². The topological polar surface area (TPSA) is 54.0 Å². The summed E-state index contributed by atoms with van der Waals surface area (Å²) < 4.78 is 22.4. The highest BCUT2D eigenvalue weighted by atomic mass is 16.7. The van der Waals surface area contributed by atoms with Gasteiger partial charge in [0.1, 0.15) is 5.78 Å². The third-order valence-electron chi connectivity index (χ3n) is 4.86. The molecule has 0 radical (unpaired) electrons. The van der Waals surface area contributed by atoms with Crippen molar-refractivity contribution in [1.82, 2.24) is 0 Å². The molecule has 1 unspecified atom stereocenters. The molecule has 1 spiro atoms. The predicted octanol–water partition coefficient (Wildman–Crippen LogP) is 1.64. The molecule has 3 atom stereocenters. The van der Waals surface area contributed by atoms with E-state index < -0.39 is 11.2 Å². The molecular formula is C14H22O5. The second kappa shape index (κ2) is 4.81. The molecule has 19 heavy (non-hydrogen) atoms. The Kier molecular flexibility index (Phi) is 3.41. The minimum Gasteiger partial charge on any atom is -0.356 e. The van der Waals surface area contributed by atoms with Gasteiger partial charge in [0.2, 0.25) is 0 Å². The molecule has 0 N–H and O–H groups in total. The molecule has 3 fully saturated rings. The van der Waals surface area contributed by atoms with Gasteiger partial charge in [0.25, 0.3) is 0 Å². The first-order chi connectivity index (χ1) is 9.08. The van der Waals surface area contributed by atoms with Crippen LogP contribution >= 0.6 is 0 Å². The van der Waals surface area contributed by atoms with Crippen molar-refractivity contribution in [3.8, 4) is 0 Å². The van der Waals surface area contributed by atoms with Gasteiger partial charge in [-0.3, -0.25) is 4.79 Å². The summed E-state index contributed by atoms with van der Waals surface area (Å²) in [5, 5.41) is 0. The van der Waals surface area contributed by atoms with Crippen molar-refractivity contribution in [2.24, 2.45) is 5.41 Å². The van der Waals surface area contributed by atoms with Crippen molar-refractivity contribution in [2.75, 3.05) is 20.3 Å². The molecule has 108 valence electrons. The Morgan fingerprint density at radius 3 is 2.53 bits per heavy atom. The molecule has 2 aliphatic heterocycles. The highest BCUT2D eigenvalue weighted by Gasteiger charge is 2.54. The van der Waals surface area contributed by atoms with Crippen LogP contribution in [0.3, 0.4) is 0 Å². The summed E-state index contributed by atoms with van der Waals surface area (Å²) in [5.74, 6) is -0.446. The molecule has 3 aliphatic rings. The van der Waals surface area contributed by atoms with E-state index in [0.717, 1.165) is 25.7 Å². The first-order valence-corrected chi connectivity index (χ1v) is 7.07. The molecule has 3 rings (SSSR count). The monoisotopic (exact) mass is 270 g/mol. The molecule has 2 heterocycles. The maximum atomic E-state index is 12.6. The molecule has 2 saturated heterocycles. The first kappa shape index (κ1) is 13.5. The number of ether oxygens (including phenoxy) is 4. The van der Waals surface area contributed by atoms with Gasteiger partial charge in [0, 0.05) is 20.0 Å². The minimum atomic E-state index is -0.643. The second-order valence-corrected chi connectivity index (χ2v) is 5.99. The minimum absolute atomic E-state index is 0.0382. The van der Waals surface area contributed by atoms with Crippen LogP contribution < -0.4 is 0 Å². The molecule has 0 aromatic rings. The van der Waals surface area contributed by atoms with Crippen LogP contribution in [-0.4, -0.2) is 44.3 Å². The highest BCUT2D eigenvalue weighted by molar-refractivity contribution is 5.86. The number of rotatable bonds is 2. The number of hydrogen-bond acceptors (Lipinski definition) is 5. The standard InChI is InChI=1S/C14H22O5/c1-13(11-3-4-12(16-2)19-11)5-6-14(9-10(13)15)17-7-8-18-14/h11-12H,3-9H2,1-2H3/t11-,12?,13-/m0/s1. The van der Waals surface area contributed by atoms with Crippen LogP contribution in [0.25, 0.3) is 0 Å². The molecule has 0 amide bonds. The number of carbonyl (C=O) groups is 1. The highest BCUT2D eigenvalue weighted by Crippen LogP contribution is 2.47. The van der Waals surface area contributed by atoms with Crippen LogP contribution in [-0.2, 0) is 23.7 Å². The lowest BCUT2D eigenvalue weighted by molar-refractivity contribution is -0.205. The van der Waals surface area contributed by atoms with Gasteiger partial charge in [-0.05, 0) is 12.8 Å². The van der Waals surface area contributed by atoms with Crippen LogP contribution in [0.4, 0.5) is 0 Å². The summed E-state index contributed by atoms with van der Waals surface area (Å²) in [6, 6.07) is 0. The van der Waals surface area contributed by atoms with Crippen LogP contribution in [0.15, 0.2) is 0 Å². The maximum absolute atomic E-state index is 12.6. The number of Topliss-reactive ketones (excluding diaryl/α,β-unsaturated/α-hetero) is 1. The molecule has 0 aromatic carbocycles. The van der Waals surface area contributed by atoms with Crippen molar-refractivity contribution >= 4 is 5.78 Å². The normalized spacial score (nSPS) is 42.1. The summed E-state index contributed by atoms with van der Waals surface area (Å²) in [6.45, 7) is 3.20. The van der Waals surface area contributed by atoms with E-state index in [1.165, 1.54) is 0 Å². The summed E-state index contributed by atoms with van der Waals surface area (Å²) in [7, 11) is 1.65. The van der Waals surface area contributed by atoms with E-state index in [4.69, 9.17) is 18.9 Å². The summed E-state index contributed by atoms with van der Waals surface area (Å²) >= 11 is 0. The zero-order valence-electron chi connectivity index (χ0n) is 11.6. The Morgan fingerprint density at radius 1 is 1.21 bits per heavy atom. The Morgan fingerprint density at radius 2 is 1.95 bits per heavy atom. The molecular weight excluding hydrogens is 248 g/mol. The SMILES string of the molecule is COC1CC[C@@H]([C@@]2(C)CCC3(CC2=O)OCCO3)O1. The average Bonchev–Trinajstić information content (AvgIpc) is 3.04. The van der Waals surface area contributed by atoms with Crippen molar-refractivity contribution in [1.29, 1.82) is 0 Å². The van der Waals surface area contributed by atoms with Gasteiger partial charge in [-0.15, -0.1) is 0 Å². The lowest BCUT2D eigenvalue weighted by Crippen LogP contribution is -2.50. The maximum Gasteiger partial charge on any atom is 0.175 e. The van der Waals surface area contributed by atoms with E-state index in [0.29, 0.717) is 19.6 Å². The summed E-state index contributed by atoms with van der Waals surface area (Å²) in [5.41, 5.74) is -0.423. The van der Waals surface area contributed by atoms with Crippen molar-refractivity contribution in [2.45, 2.75) is 57.2 Å². The molecule has 1 aliphatic carbocycles. The van der Waals surface area contributed by atoms with E-state index in [1.807, 2.05) is 6.92 Å². The van der Waals surface area contributed by atoms with Gasteiger partial charge < -0.3 is 18.9 Å². The van der Waals surface area contributed by atoms with Crippen LogP contribution in [0.5, 0.6) is 0 Å². The Labute approximate surface area is 113 Å². The van der Waals surface area contributed by atoms with Gasteiger partial charge in [-0.25, -0.2) is 0 Å². The fraction of sp³-hybridized carbons (Fsp3) is 0.929. The lowest BCUT2D eigenvalue weighted by Gasteiger charge is -2.42. The van der Waals surface area contributed by atoms with Gasteiger partial charge in [-0.2, -0.15) is 0 Å². The molecule has 5 heteroatoms. The van der Waals surface area contributed by atoms with Crippen LogP contribution in [0, 0.1) is 5.41 Å². The quantitative estimate of drug-likeness (QED) is 0.763. The fourth-order valence-electron chi connectivity index (χ4n) is 3.46. The van der Waals surface area contributed by atoms with Gasteiger partial charge >= 0.3 is 0 Å². The summed E-state index contributed by atoms with van der Waals surface area (Å²) in [6.07, 6.45) is 3.42. The zero-order valence-corrected chi connectivity index (χ0v) is 11.6. The fourth-order valence-corrected chi connectivity index (χ4v) is 3.46. The Bertz CT molecular complexity index is 363. The summed E-state index contributed by atoms with van der Waals surface area (Å²) in [4.78, 5) is 12.6. The molecule has 5 nitrogen and oxygen atoms in total. The molecule has 0 bridgehead atoms. The van der Waals surface area contributed by atoms with Crippen LogP contribution in [0.2, 0.25) is 0 Å². The molecule has 1 saturated carbocycles. The number of hydrogen-bond donors (Lipinski definition) is 0. The van der Waals surface area contributed by atoms with Crippen LogP contribution in [0.1, 0.15) is 39.0 Å². The third-order valence-corrected chi connectivity index (χ3v) is 4.86. The predicted molar refractivity (Wildman–Crippen MR) is 66.5 cm³/mol. The van der Waals surface area contributed by atoms with Crippen molar-refractivity contribution in [3.63, 3.8) is 0 Å². The number of ketones is 1. The third kappa shape index (κ3) is 2.23. The Hall–Kier alpha value is -0.490. The van der Waals surface area contributed by atoms with E-state index in [-0.39, 0.29) is 18.2 Å². The number of carbonyl (C=O) groups excluding carboxylic acids is 1. The van der Waals surface area contributed by atoms with Crippen molar-refractivity contribution in [3.05, 3.63) is 0 Å². The Balaban J connectivity index is 1.70. The van der Waals surface area contributed by atoms with Gasteiger partial charge in [0.15, 0.2) is 12.1 Å². The average molecular weight is 270 g/mol. The number of methoxy groups -OCH3 is 1. The van der Waals surface area contributed by atoms with Crippen molar-refractivity contribution < 1.29 is 23.7 Å². The van der Waals surface area contributed by atoms with Gasteiger partial charge in [0.05, 0.1) is 31.2 Å². The van der Waals surface area contributed by atoms with Gasteiger partial charge in [-0.1, -0.05) is 6.92 Å². The second-order valence-electron chi connectivity index (χ2n) is 5.99. The smallest absolute Gasteiger partial charge is 0.175 e. The van der Waals surface area contributed by atoms with E-state index in [2.05, 4.69) is 0 Å². The lowest BCUT2D eigenvalue weighted by atomic mass is 9.68. The first-order valence-electron chi connectivity index (χ1n) is 7.07.